The quantitative estimate of drug-likeness (QED) is 0.248. The molecule has 0 bridgehead atoms. The number of aryl methyl sites for hydroxylation is 1. The largest absolute Gasteiger partial charge is 0.319 e. The van der Waals surface area contributed by atoms with Crippen molar-refractivity contribution in [3.63, 3.8) is 0 Å². The zero-order valence-electron chi connectivity index (χ0n) is 23.7. The zero-order chi connectivity index (χ0) is 30.1. The van der Waals surface area contributed by atoms with Crippen LogP contribution < -0.4 is 16.2 Å². The van der Waals surface area contributed by atoms with Crippen LogP contribution in [0.25, 0.3) is 39.2 Å². The number of H-pyrrole nitrogens is 1. The number of aromatic amines is 1. The first-order chi connectivity index (χ1) is 20.8. The Labute approximate surface area is 245 Å². The third-order valence-electron chi connectivity index (χ3n) is 7.35. The number of nitrogens with one attached hydrogen (secondary N) is 3. The maximum atomic E-state index is 13.9. The van der Waals surface area contributed by atoms with Crippen LogP contribution in [0.4, 0.5) is 10.1 Å². The van der Waals surface area contributed by atoms with Gasteiger partial charge < -0.3 is 15.2 Å². The van der Waals surface area contributed by atoms with Gasteiger partial charge in [0.2, 0.25) is 5.91 Å². The summed E-state index contributed by atoms with van der Waals surface area (Å²) in [4.78, 5) is 35.5. The first kappa shape index (κ1) is 27.7. The fourth-order valence-corrected chi connectivity index (χ4v) is 4.91. The van der Waals surface area contributed by atoms with E-state index in [1.54, 1.807) is 38.6 Å². The zero-order valence-corrected chi connectivity index (χ0v) is 23.7. The van der Waals surface area contributed by atoms with E-state index in [0.717, 1.165) is 33.3 Å². The van der Waals surface area contributed by atoms with Gasteiger partial charge in [-0.1, -0.05) is 24.3 Å². The molecule has 0 saturated carbocycles. The third-order valence-corrected chi connectivity index (χ3v) is 7.35. The van der Waals surface area contributed by atoms with Crippen molar-refractivity contribution in [1.82, 2.24) is 39.8 Å². The number of carbonyl (C=O) groups excluding carboxylic acids is 1. The first-order valence-electron chi connectivity index (χ1n) is 13.6. The summed E-state index contributed by atoms with van der Waals surface area (Å²) in [6.07, 6.45) is 8.33. The van der Waals surface area contributed by atoms with Crippen LogP contribution in [-0.4, -0.2) is 53.5 Å². The van der Waals surface area contributed by atoms with Gasteiger partial charge in [-0.2, -0.15) is 15.4 Å². The summed E-state index contributed by atoms with van der Waals surface area (Å²) in [5, 5.41) is 16.9. The molecule has 11 nitrogen and oxygen atoms in total. The summed E-state index contributed by atoms with van der Waals surface area (Å²) in [6, 6.07) is 13.5. The summed E-state index contributed by atoms with van der Waals surface area (Å²) in [6.45, 7) is 3.76. The molecular formula is C31H28FN9O2. The number of nitrogens with zero attached hydrogens (tertiary/aromatic N) is 6. The summed E-state index contributed by atoms with van der Waals surface area (Å²) in [5.74, 6) is -0.239. The molecule has 43 heavy (non-hydrogen) atoms. The number of likely N-dealkylation sites (N-methyl/N-ethyl adjacent to an activating group) is 1. The smallest absolute Gasteiger partial charge is 0.277 e. The van der Waals surface area contributed by atoms with Gasteiger partial charge in [0, 0.05) is 28.9 Å². The van der Waals surface area contributed by atoms with Crippen molar-refractivity contribution in [1.29, 1.82) is 0 Å². The topological polar surface area (TPSA) is 135 Å². The van der Waals surface area contributed by atoms with E-state index < -0.39 is 11.6 Å². The molecular weight excluding hydrogens is 549 g/mol. The number of aromatic nitrogens is 7. The van der Waals surface area contributed by atoms with E-state index in [9.17, 15) is 14.0 Å². The van der Waals surface area contributed by atoms with Crippen molar-refractivity contribution in [3.05, 3.63) is 107 Å². The van der Waals surface area contributed by atoms with Gasteiger partial charge in [0.05, 0.1) is 42.4 Å². The second-order valence-electron chi connectivity index (χ2n) is 10.2. The van der Waals surface area contributed by atoms with Crippen LogP contribution in [0.3, 0.4) is 0 Å². The van der Waals surface area contributed by atoms with Gasteiger partial charge >= 0.3 is 0 Å². The second-order valence-corrected chi connectivity index (χ2v) is 10.2. The van der Waals surface area contributed by atoms with Crippen LogP contribution in [-0.2, 0) is 11.3 Å². The van der Waals surface area contributed by atoms with Gasteiger partial charge in [-0.05, 0) is 56.3 Å². The van der Waals surface area contributed by atoms with Crippen molar-refractivity contribution in [2.45, 2.75) is 26.4 Å². The Morgan fingerprint density at radius 2 is 1.84 bits per heavy atom. The molecule has 0 spiro atoms. The third kappa shape index (κ3) is 5.43. The molecule has 0 aliphatic heterocycles. The number of benzene rings is 2. The Kier molecular flexibility index (Phi) is 7.34. The van der Waals surface area contributed by atoms with Gasteiger partial charge in [-0.25, -0.2) is 9.37 Å². The SMILES string of the molecule is CN[C@@H](C)C(=O)Nc1cnc(-c2ccc(-c3cn[nH]n3)cc2)n(Cc2cncc(-n3cc(C)c4cc(F)ccc43)c2)c1=O. The van der Waals surface area contributed by atoms with Crippen molar-refractivity contribution in [3.8, 4) is 28.3 Å². The van der Waals surface area contributed by atoms with E-state index in [0.29, 0.717) is 17.1 Å². The molecule has 1 atom stereocenters. The van der Waals surface area contributed by atoms with Crippen LogP contribution in [0.2, 0.25) is 0 Å². The summed E-state index contributed by atoms with van der Waals surface area (Å²) >= 11 is 0. The minimum absolute atomic E-state index is 0.0632. The molecule has 0 radical (unpaired) electrons. The molecule has 0 fully saturated rings. The fourth-order valence-electron chi connectivity index (χ4n) is 4.91. The lowest BCUT2D eigenvalue weighted by molar-refractivity contribution is -0.117. The number of anilines is 1. The highest BCUT2D eigenvalue weighted by Crippen LogP contribution is 2.26. The lowest BCUT2D eigenvalue weighted by Gasteiger charge is -2.16. The van der Waals surface area contributed by atoms with Crippen molar-refractivity contribution < 1.29 is 9.18 Å². The highest BCUT2D eigenvalue weighted by Gasteiger charge is 2.18. The lowest BCUT2D eigenvalue weighted by atomic mass is 10.1. The van der Waals surface area contributed by atoms with Gasteiger partial charge in [-0.3, -0.25) is 19.1 Å². The number of carbonyl (C=O) groups is 1. The van der Waals surface area contributed by atoms with Crippen molar-refractivity contribution >= 4 is 22.5 Å². The van der Waals surface area contributed by atoms with Gasteiger partial charge in [0.25, 0.3) is 5.56 Å². The summed E-state index contributed by atoms with van der Waals surface area (Å²) in [5.41, 5.74) is 5.14. The number of hydrogen-bond donors (Lipinski definition) is 3. The molecule has 3 N–H and O–H groups in total. The van der Waals surface area contributed by atoms with Gasteiger partial charge in [0.1, 0.15) is 23.0 Å². The predicted molar refractivity (Wildman–Crippen MR) is 161 cm³/mol. The molecule has 0 saturated heterocycles. The number of amides is 1. The summed E-state index contributed by atoms with van der Waals surface area (Å²) in [7, 11) is 1.67. The molecule has 216 valence electrons. The Bertz CT molecular complexity index is 2000. The average Bonchev–Trinajstić information content (AvgIpc) is 3.67. The molecule has 0 unspecified atom stereocenters. The van der Waals surface area contributed by atoms with E-state index >= 15 is 0 Å². The Hall–Kier alpha value is -5.49. The van der Waals surface area contributed by atoms with Crippen molar-refractivity contribution in [2.75, 3.05) is 12.4 Å². The fraction of sp³-hybridized carbons (Fsp3) is 0.161. The predicted octanol–water partition coefficient (Wildman–Crippen LogP) is 4.08. The van der Waals surface area contributed by atoms with Crippen molar-refractivity contribution in [2.24, 2.45) is 0 Å². The maximum Gasteiger partial charge on any atom is 0.277 e. The molecule has 0 aliphatic rings. The summed E-state index contributed by atoms with van der Waals surface area (Å²) < 4.78 is 17.4. The van der Waals surface area contributed by atoms with E-state index in [-0.39, 0.29) is 24.0 Å². The van der Waals surface area contributed by atoms with E-state index in [1.807, 2.05) is 48.0 Å². The maximum absolute atomic E-state index is 13.9. The monoisotopic (exact) mass is 577 g/mol. The number of halogens is 1. The number of pyridine rings is 1. The standard InChI is InChI=1S/C31H28FN9O2/c1-18-16-40(28-9-8-23(32)11-25(18)28)24-10-20(12-34-13-24)17-41-29(22-6-4-21(5-7-22)26-15-36-39-38-26)35-14-27(31(41)43)37-30(42)19(2)33-3/h4-16,19,33H,17H2,1-3H3,(H,37,42)(H,36,38,39)/t19-/m0/s1. The average molecular weight is 578 g/mol. The molecule has 4 heterocycles. The Morgan fingerprint density at radius 1 is 1.05 bits per heavy atom. The molecule has 2 aromatic carbocycles. The van der Waals surface area contributed by atoms with Crippen LogP contribution in [0, 0.1) is 12.7 Å². The minimum Gasteiger partial charge on any atom is -0.319 e. The van der Waals surface area contributed by atoms with Crippen LogP contribution in [0.1, 0.15) is 18.1 Å². The van der Waals surface area contributed by atoms with E-state index in [1.165, 1.54) is 22.9 Å². The van der Waals surface area contributed by atoms with Crippen LogP contribution in [0.5, 0.6) is 0 Å². The molecule has 0 aliphatic carbocycles. The Morgan fingerprint density at radius 3 is 2.58 bits per heavy atom. The highest BCUT2D eigenvalue weighted by atomic mass is 19.1. The molecule has 12 heteroatoms. The second kappa shape index (κ2) is 11.4. The van der Waals surface area contributed by atoms with Gasteiger partial charge in [0.15, 0.2) is 0 Å². The number of hydrogen-bond acceptors (Lipinski definition) is 7. The first-order valence-corrected chi connectivity index (χ1v) is 13.6. The molecule has 4 aromatic heterocycles. The lowest BCUT2D eigenvalue weighted by Crippen LogP contribution is -2.38. The van der Waals surface area contributed by atoms with E-state index in [2.05, 4.69) is 36.0 Å². The minimum atomic E-state index is -0.509. The normalized spacial score (nSPS) is 12.0. The van der Waals surface area contributed by atoms with Gasteiger partial charge in [-0.15, -0.1) is 0 Å². The number of fused-ring (bicyclic) bond motifs is 1. The van der Waals surface area contributed by atoms with Crippen LogP contribution in [0.15, 0.2) is 84.3 Å². The van der Waals surface area contributed by atoms with E-state index in [4.69, 9.17) is 0 Å². The molecule has 6 rings (SSSR count). The highest BCUT2D eigenvalue weighted by molar-refractivity contribution is 5.94. The Balaban J connectivity index is 1.41. The molecule has 1 amide bonds. The van der Waals surface area contributed by atoms with Crippen LogP contribution >= 0.6 is 0 Å². The number of rotatable bonds is 8. The molecule has 6 aromatic rings.